The van der Waals surface area contributed by atoms with E-state index in [9.17, 15) is 9.59 Å². The van der Waals surface area contributed by atoms with Gasteiger partial charge in [-0.1, -0.05) is 59.8 Å². The molecule has 1 atom stereocenters. The number of aryl methyl sites for hydroxylation is 1. The van der Waals surface area contributed by atoms with Crippen molar-refractivity contribution in [2.24, 2.45) is 0 Å². The van der Waals surface area contributed by atoms with Gasteiger partial charge in [0.1, 0.15) is 6.54 Å². The largest absolute Gasteiger partial charge is 0.365 e. The van der Waals surface area contributed by atoms with Crippen LogP contribution >= 0.6 is 23.4 Å². The van der Waals surface area contributed by atoms with E-state index in [1.807, 2.05) is 53.4 Å². The lowest BCUT2D eigenvalue weighted by Gasteiger charge is -2.42. The molecular formula is C29H28ClN3O2S. The molecule has 2 aliphatic heterocycles. The number of hydrogen-bond acceptors (Lipinski definition) is 4. The third-order valence-electron chi connectivity index (χ3n) is 6.59. The van der Waals surface area contributed by atoms with Gasteiger partial charge in [0.15, 0.2) is 0 Å². The van der Waals surface area contributed by atoms with Gasteiger partial charge in [-0.3, -0.25) is 14.5 Å². The smallest absolute Gasteiger partial charge is 0.265 e. The van der Waals surface area contributed by atoms with Crippen LogP contribution in [0.3, 0.4) is 0 Å². The van der Waals surface area contributed by atoms with Crippen LogP contribution in [0.15, 0.2) is 82.6 Å². The summed E-state index contributed by atoms with van der Waals surface area (Å²) >= 11 is 7.57. The number of rotatable bonds is 4. The Hall–Kier alpha value is -3.22. The topological polar surface area (TPSA) is 43.9 Å². The molecule has 184 valence electrons. The van der Waals surface area contributed by atoms with Crippen molar-refractivity contribution in [1.29, 1.82) is 0 Å². The molecule has 5 rings (SSSR count). The Kier molecular flexibility index (Phi) is 7.08. The molecule has 3 aromatic rings. The summed E-state index contributed by atoms with van der Waals surface area (Å²) in [5.74, 6) is -0.207. The lowest BCUT2D eigenvalue weighted by atomic mass is 10.1. The first kappa shape index (κ1) is 24.5. The second-order valence-electron chi connectivity index (χ2n) is 9.25. The Labute approximate surface area is 221 Å². The van der Waals surface area contributed by atoms with Crippen LogP contribution in [0.1, 0.15) is 18.1 Å². The molecular weight excluding hydrogens is 490 g/mol. The molecule has 3 aromatic carbocycles. The summed E-state index contributed by atoms with van der Waals surface area (Å²) in [7, 11) is 0. The standard InChI is InChI=1S/C29H28ClN3O2S/c1-20-7-5-10-24(15-20)32-14-13-31(18-21(32)2)28(34)19-33-25-11-3-4-12-26(25)36-27(29(33)35)17-22-8-6-9-23(30)16-22/h3-12,15-17,21H,13-14,18-19H2,1-2H3/b27-17-/t21-/m0/s1. The Morgan fingerprint density at radius 1 is 1.06 bits per heavy atom. The highest BCUT2D eigenvalue weighted by atomic mass is 35.5. The van der Waals surface area contributed by atoms with Crippen molar-refractivity contribution >= 4 is 52.6 Å². The first-order chi connectivity index (χ1) is 17.4. The number of carbonyl (C=O) groups is 2. The summed E-state index contributed by atoms with van der Waals surface area (Å²) in [5, 5.41) is 0.615. The number of carbonyl (C=O) groups excluding carboxylic acids is 2. The fourth-order valence-electron chi connectivity index (χ4n) is 4.78. The average molecular weight is 518 g/mol. The Bertz CT molecular complexity index is 1340. The number of halogens is 1. The van der Waals surface area contributed by atoms with Crippen molar-refractivity contribution in [3.63, 3.8) is 0 Å². The quantitative estimate of drug-likeness (QED) is 0.406. The van der Waals surface area contributed by atoms with E-state index in [1.165, 1.54) is 23.0 Å². The van der Waals surface area contributed by atoms with Crippen LogP contribution in [-0.4, -0.2) is 48.9 Å². The van der Waals surface area contributed by atoms with Crippen molar-refractivity contribution in [1.82, 2.24) is 4.90 Å². The highest BCUT2D eigenvalue weighted by molar-refractivity contribution is 8.04. The van der Waals surface area contributed by atoms with Gasteiger partial charge in [0.2, 0.25) is 5.91 Å². The van der Waals surface area contributed by atoms with E-state index in [0.29, 0.717) is 23.0 Å². The molecule has 0 radical (unpaired) electrons. The van der Waals surface area contributed by atoms with E-state index >= 15 is 0 Å². The zero-order valence-corrected chi connectivity index (χ0v) is 21.9. The summed E-state index contributed by atoms with van der Waals surface area (Å²) in [4.78, 5) is 34.4. The van der Waals surface area contributed by atoms with Crippen molar-refractivity contribution in [2.45, 2.75) is 24.8 Å². The fraction of sp³-hybridized carbons (Fsp3) is 0.241. The van der Waals surface area contributed by atoms with Crippen molar-refractivity contribution in [2.75, 3.05) is 36.0 Å². The van der Waals surface area contributed by atoms with Crippen LogP contribution in [0.25, 0.3) is 6.08 Å². The van der Waals surface area contributed by atoms with Crippen molar-refractivity contribution in [3.8, 4) is 0 Å². The minimum absolute atomic E-state index is 0.0143. The normalized spacial score (nSPS) is 19.0. The lowest BCUT2D eigenvalue weighted by molar-refractivity contribution is -0.131. The lowest BCUT2D eigenvalue weighted by Crippen LogP contribution is -2.56. The van der Waals surface area contributed by atoms with Gasteiger partial charge in [-0.05, 0) is 67.4 Å². The molecule has 2 aliphatic rings. The first-order valence-corrected chi connectivity index (χ1v) is 13.3. The fourth-order valence-corrected chi connectivity index (χ4v) is 6.03. The number of nitrogens with zero attached hydrogens (tertiary/aromatic N) is 3. The van der Waals surface area contributed by atoms with E-state index in [-0.39, 0.29) is 24.4 Å². The molecule has 0 N–H and O–H groups in total. The SMILES string of the molecule is Cc1cccc(N2CCN(C(=O)CN3C(=O)/C(=C/c4cccc(Cl)c4)Sc4ccccc43)C[C@@H]2C)c1. The van der Waals surface area contributed by atoms with Crippen LogP contribution in [-0.2, 0) is 9.59 Å². The monoisotopic (exact) mass is 517 g/mol. The zero-order valence-electron chi connectivity index (χ0n) is 20.4. The highest BCUT2D eigenvalue weighted by Gasteiger charge is 2.33. The minimum Gasteiger partial charge on any atom is -0.365 e. The summed E-state index contributed by atoms with van der Waals surface area (Å²) < 4.78 is 0. The third kappa shape index (κ3) is 5.15. The minimum atomic E-state index is -0.168. The second-order valence-corrected chi connectivity index (χ2v) is 10.8. The van der Waals surface area contributed by atoms with Crippen LogP contribution in [0.5, 0.6) is 0 Å². The maximum Gasteiger partial charge on any atom is 0.265 e. The van der Waals surface area contributed by atoms with Crippen LogP contribution in [0.4, 0.5) is 11.4 Å². The zero-order chi connectivity index (χ0) is 25.2. The molecule has 1 fully saturated rings. The molecule has 7 heteroatoms. The molecule has 0 bridgehead atoms. The number of benzene rings is 3. The summed E-state index contributed by atoms with van der Waals surface area (Å²) in [6.45, 7) is 6.26. The molecule has 2 heterocycles. The molecule has 0 saturated carbocycles. The molecule has 1 saturated heterocycles. The Morgan fingerprint density at radius 3 is 2.64 bits per heavy atom. The Morgan fingerprint density at radius 2 is 1.86 bits per heavy atom. The molecule has 5 nitrogen and oxygen atoms in total. The van der Waals surface area contributed by atoms with Gasteiger partial charge in [0.05, 0.1) is 10.6 Å². The summed E-state index contributed by atoms with van der Waals surface area (Å²) in [6, 6.07) is 23.8. The van der Waals surface area contributed by atoms with E-state index in [1.54, 1.807) is 11.0 Å². The van der Waals surface area contributed by atoms with Gasteiger partial charge in [-0.15, -0.1) is 0 Å². The van der Waals surface area contributed by atoms with Gasteiger partial charge in [0.25, 0.3) is 5.91 Å². The second kappa shape index (κ2) is 10.4. The predicted molar refractivity (Wildman–Crippen MR) is 149 cm³/mol. The Balaban J connectivity index is 1.34. The maximum absolute atomic E-state index is 13.6. The van der Waals surface area contributed by atoms with Gasteiger partial charge in [-0.2, -0.15) is 0 Å². The number of fused-ring (bicyclic) bond motifs is 1. The number of thioether (sulfide) groups is 1. The van der Waals surface area contributed by atoms with Gasteiger partial charge < -0.3 is 9.80 Å². The summed E-state index contributed by atoms with van der Waals surface area (Å²) in [5.41, 5.74) is 4.03. The number of anilines is 2. The molecule has 0 spiro atoms. The first-order valence-electron chi connectivity index (χ1n) is 12.1. The third-order valence-corrected chi connectivity index (χ3v) is 7.90. The molecule has 0 aliphatic carbocycles. The number of piperazine rings is 1. The average Bonchev–Trinajstić information content (AvgIpc) is 2.86. The van der Waals surface area contributed by atoms with Crippen LogP contribution < -0.4 is 9.80 Å². The van der Waals surface area contributed by atoms with Crippen LogP contribution in [0, 0.1) is 6.92 Å². The van der Waals surface area contributed by atoms with E-state index in [0.717, 1.165) is 22.7 Å². The van der Waals surface area contributed by atoms with Crippen molar-refractivity contribution in [3.05, 3.63) is 93.9 Å². The molecule has 2 amide bonds. The van der Waals surface area contributed by atoms with Crippen molar-refractivity contribution < 1.29 is 9.59 Å². The maximum atomic E-state index is 13.6. The van der Waals surface area contributed by atoms with E-state index in [4.69, 9.17) is 11.6 Å². The number of hydrogen-bond donors (Lipinski definition) is 0. The van der Waals surface area contributed by atoms with Gasteiger partial charge >= 0.3 is 0 Å². The summed E-state index contributed by atoms with van der Waals surface area (Å²) in [6.07, 6.45) is 1.84. The predicted octanol–water partition coefficient (Wildman–Crippen LogP) is 5.87. The van der Waals surface area contributed by atoms with Gasteiger partial charge in [-0.25, -0.2) is 0 Å². The number of para-hydroxylation sites is 1. The van der Waals surface area contributed by atoms with E-state index < -0.39 is 0 Å². The van der Waals surface area contributed by atoms with Gasteiger partial charge in [0, 0.05) is 41.3 Å². The molecule has 0 aromatic heterocycles. The highest BCUT2D eigenvalue weighted by Crippen LogP contribution is 2.42. The molecule has 36 heavy (non-hydrogen) atoms. The number of amides is 2. The molecule has 0 unspecified atom stereocenters. The van der Waals surface area contributed by atoms with E-state index in [2.05, 4.69) is 43.0 Å². The van der Waals surface area contributed by atoms with Crippen LogP contribution in [0.2, 0.25) is 5.02 Å².